The van der Waals surface area contributed by atoms with Crippen LogP contribution in [0.15, 0.2) is 91.0 Å². The molecule has 0 N–H and O–H groups in total. The third-order valence-electron chi connectivity index (χ3n) is 11.8. The number of rotatable bonds is 14. The Kier molecular flexibility index (Phi) is 10.1. The number of unbranched alkanes of at least 4 members (excludes halogenated alkanes) is 6. The van der Waals surface area contributed by atoms with E-state index in [-0.39, 0.29) is 5.60 Å². The van der Waals surface area contributed by atoms with Crippen molar-refractivity contribution in [3.63, 3.8) is 0 Å². The van der Waals surface area contributed by atoms with E-state index in [1.165, 1.54) is 79.5 Å². The quantitative estimate of drug-likeness (QED) is 0.124. The third-order valence-corrected chi connectivity index (χ3v) is 16.2. The van der Waals surface area contributed by atoms with Crippen LogP contribution in [0.2, 0.25) is 0 Å². The maximum atomic E-state index is 6.10. The van der Waals surface area contributed by atoms with E-state index < -0.39 is 10.0 Å². The van der Waals surface area contributed by atoms with E-state index in [2.05, 4.69) is 137 Å². The summed E-state index contributed by atoms with van der Waals surface area (Å²) in [7, 11) is 1.07. The first-order valence-corrected chi connectivity index (χ1v) is 21.6. The van der Waals surface area contributed by atoms with E-state index in [0.717, 1.165) is 13.0 Å². The molecule has 3 aliphatic rings. The highest BCUT2D eigenvalue weighted by Gasteiger charge is 2.56. The lowest BCUT2D eigenvalue weighted by Gasteiger charge is -2.50. The average Bonchev–Trinajstić information content (AvgIpc) is 3.72. The number of aryl methyl sites for hydroxylation is 1. The number of para-hydroxylation sites is 1. The molecule has 5 atom stereocenters. The van der Waals surface area contributed by atoms with Gasteiger partial charge in [0.2, 0.25) is 0 Å². The topological polar surface area (TPSA) is 12.5 Å². The van der Waals surface area contributed by atoms with Gasteiger partial charge < -0.3 is 9.64 Å². The third kappa shape index (κ3) is 6.51. The Bertz CT molecular complexity index is 1750. The van der Waals surface area contributed by atoms with Gasteiger partial charge in [-0.1, -0.05) is 124 Å². The van der Waals surface area contributed by atoms with E-state index >= 15 is 0 Å². The minimum Gasteiger partial charge on any atom is -0.376 e. The van der Waals surface area contributed by atoms with Crippen molar-refractivity contribution in [3.05, 3.63) is 124 Å². The second-order valence-electron chi connectivity index (χ2n) is 16.2. The molecular weight excluding hydrogens is 615 g/mol. The van der Waals surface area contributed by atoms with Gasteiger partial charge in [0.25, 0.3) is 0 Å². The molecule has 49 heavy (non-hydrogen) atoms. The summed E-state index contributed by atoms with van der Waals surface area (Å²) in [6, 6.07) is 36.4. The molecule has 5 unspecified atom stereocenters. The predicted molar refractivity (Wildman–Crippen MR) is 214 cm³/mol. The Balaban J connectivity index is 1.31. The normalized spacial score (nSPS) is 22.2. The van der Waals surface area contributed by atoms with Crippen LogP contribution < -0.4 is 4.90 Å². The van der Waals surface area contributed by atoms with Gasteiger partial charge in [-0.2, -0.15) is 0 Å². The molecule has 0 fully saturated rings. The monoisotopic (exact) mass is 673 g/mol. The van der Waals surface area contributed by atoms with Crippen molar-refractivity contribution in [2.75, 3.05) is 30.6 Å². The van der Waals surface area contributed by atoms with Crippen molar-refractivity contribution in [2.45, 2.75) is 114 Å². The summed E-state index contributed by atoms with van der Waals surface area (Å²) >= 11 is 0. The molecule has 0 amide bonds. The van der Waals surface area contributed by atoms with Crippen LogP contribution in [0.25, 0.3) is 11.1 Å². The number of benzene rings is 4. The average molecular weight is 674 g/mol. The van der Waals surface area contributed by atoms with Crippen molar-refractivity contribution in [1.29, 1.82) is 0 Å². The standard InChI is InChI=1S/C46H59NOS/c1-7-8-9-12-21-33-28-29-35-34-22-13-15-24-37(34)44(40(35)32-33)49(6,31-20-11-10-19-30-48-46(2,3)4)45-38-25-16-14-23-36(38)43-42(45)39-26-17-18-27-41(39)47(43)5/h13-18,22-29,32,42-45H,7-12,19-21,30-31H2,1-6H3. The van der Waals surface area contributed by atoms with E-state index in [1.54, 1.807) is 27.8 Å². The van der Waals surface area contributed by atoms with E-state index in [9.17, 15) is 0 Å². The molecule has 4 aromatic rings. The fraction of sp³-hybridized carbons (Fsp3) is 0.478. The summed E-state index contributed by atoms with van der Waals surface area (Å²) in [5.74, 6) is 1.77. The van der Waals surface area contributed by atoms with Gasteiger partial charge in [-0.25, -0.2) is 10.0 Å². The molecule has 0 radical (unpaired) electrons. The van der Waals surface area contributed by atoms with Crippen LogP contribution in [0.3, 0.4) is 0 Å². The van der Waals surface area contributed by atoms with Gasteiger partial charge in [0.15, 0.2) is 0 Å². The summed E-state index contributed by atoms with van der Waals surface area (Å²) in [6.45, 7) is 9.68. The Morgan fingerprint density at radius 1 is 0.673 bits per heavy atom. The van der Waals surface area contributed by atoms with Gasteiger partial charge in [0, 0.05) is 35.8 Å². The molecule has 3 heteroatoms. The smallest absolute Gasteiger partial charge is 0.0625 e. The van der Waals surface area contributed by atoms with Crippen LogP contribution in [0, 0.1) is 0 Å². The second-order valence-corrected chi connectivity index (χ2v) is 20.0. The summed E-state index contributed by atoms with van der Waals surface area (Å²) in [5.41, 5.74) is 13.8. The zero-order chi connectivity index (χ0) is 34.2. The number of hydrogen-bond acceptors (Lipinski definition) is 2. The van der Waals surface area contributed by atoms with Crippen LogP contribution in [0.4, 0.5) is 5.69 Å². The number of anilines is 1. The maximum absolute atomic E-state index is 6.10. The SMILES string of the molecule is CCCCCCc1ccc2c(c1)C(S(C)(CCCCCCOC(C)(C)C)C1c3ccccc3C3C1c1ccccc1N3C)c1ccccc1-2. The van der Waals surface area contributed by atoms with Crippen molar-refractivity contribution >= 4 is 15.7 Å². The first kappa shape index (κ1) is 34.4. The molecule has 1 heterocycles. The predicted octanol–water partition coefficient (Wildman–Crippen LogP) is 12.7. The molecule has 4 aromatic carbocycles. The Morgan fingerprint density at radius 2 is 1.33 bits per heavy atom. The van der Waals surface area contributed by atoms with Crippen LogP contribution in [-0.2, 0) is 11.2 Å². The zero-order valence-electron chi connectivity index (χ0n) is 31.0. The molecule has 0 saturated heterocycles. The van der Waals surface area contributed by atoms with Crippen LogP contribution in [-0.4, -0.2) is 31.3 Å². The molecule has 0 spiro atoms. The summed E-state index contributed by atoms with van der Waals surface area (Å²) in [4.78, 5) is 2.61. The molecule has 1 aliphatic heterocycles. The first-order valence-electron chi connectivity index (χ1n) is 19.2. The van der Waals surface area contributed by atoms with Crippen molar-refractivity contribution in [3.8, 4) is 11.1 Å². The first-order chi connectivity index (χ1) is 23.7. The van der Waals surface area contributed by atoms with Crippen LogP contribution in [0.5, 0.6) is 0 Å². The molecule has 2 aliphatic carbocycles. The number of nitrogens with zero attached hydrogens (tertiary/aromatic N) is 1. The molecule has 7 rings (SSSR count). The van der Waals surface area contributed by atoms with Crippen LogP contribution >= 0.6 is 10.0 Å². The Hall–Kier alpha value is -3.01. The summed E-state index contributed by atoms with van der Waals surface area (Å²) < 4.78 is 6.10. The van der Waals surface area contributed by atoms with Gasteiger partial charge in [0.1, 0.15) is 0 Å². The number of fused-ring (bicyclic) bond motifs is 8. The lowest BCUT2D eigenvalue weighted by Crippen LogP contribution is -2.24. The highest BCUT2D eigenvalue weighted by Crippen LogP contribution is 2.80. The van der Waals surface area contributed by atoms with E-state index in [0.29, 0.717) is 22.5 Å². The highest BCUT2D eigenvalue weighted by molar-refractivity contribution is 8.33. The molecule has 0 aromatic heterocycles. The summed E-state index contributed by atoms with van der Waals surface area (Å²) in [5, 5.41) is 0.939. The molecular formula is C46H59NOS. The van der Waals surface area contributed by atoms with Crippen molar-refractivity contribution in [1.82, 2.24) is 0 Å². The number of ether oxygens (including phenoxy) is 1. The Morgan fingerprint density at radius 3 is 2.10 bits per heavy atom. The van der Waals surface area contributed by atoms with Crippen molar-refractivity contribution in [2.24, 2.45) is 0 Å². The van der Waals surface area contributed by atoms with E-state index in [1.807, 2.05) is 0 Å². The number of likely N-dealkylation sites (N-methyl/N-ethyl adjacent to an activating group) is 1. The molecule has 2 nitrogen and oxygen atoms in total. The highest BCUT2D eigenvalue weighted by atomic mass is 32.3. The van der Waals surface area contributed by atoms with Crippen molar-refractivity contribution < 1.29 is 4.74 Å². The van der Waals surface area contributed by atoms with Gasteiger partial charge in [0.05, 0.1) is 11.6 Å². The van der Waals surface area contributed by atoms with Gasteiger partial charge in [-0.15, -0.1) is 0 Å². The fourth-order valence-corrected chi connectivity index (χ4v) is 14.5. The molecule has 0 bridgehead atoms. The lowest BCUT2D eigenvalue weighted by molar-refractivity contribution is -0.00470. The second kappa shape index (κ2) is 14.3. The fourth-order valence-electron chi connectivity index (χ4n) is 9.58. The van der Waals surface area contributed by atoms with Gasteiger partial charge in [-0.05, 0) is 109 Å². The lowest BCUT2D eigenvalue weighted by atomic mass is 9.95. The van der Waals surface area contributed by atoms with E-state index in [4.69, 9.17) is 4.74 Å². The number of hydrogen-bond donors (Lipinski definition) is 0. The molecule has 0 saturated carbocycles. The Labute approximate surface area is 299 Å². The molecule has 260 valence electrons. The minimum absolute atomic E-state index is 0.0576. The largest absolute Gasteiger partial charge is 0.376 e. The van der Waals surface area contributed by atoms with Crippen LogP contribution in [0.1, 0.15) is 135 Å². The summed E-state index contributed by atoms with van der Waals surface area (Å²) in [6.07, 6.45) is 14.1. The minimum atomic E-state index is -1.28. The van der Waals surface area contributed by atoms with Gasteiger partial charge in [-0.3, -0.25) is 0 Å². The van der Waals surface area contributed by atoms with Gasteiger partial charge >= 0.3 is 0 Å². The maximum Gasteiger partial charge on any atom is 0.0625 e. The zero-order valence-corrected chi connectivity index (χ0v) is 31.8.